The number of hydrogen-bond acceptors (Lipinski definition) is 7. The highest BCUT2D eigenvalue weighted by molar-refractivity contribution is 6.00. The highest BCUT2D eigenvalue weighted by atomic mass is 35.5. The van der Waals surface area contributed by atoms with Crippen LogP contribution in [0.1, 0.15) is 85.4 Å². The third-order valence-corrected chi connectivity index (χ3v) is 9.74. The first kappa shape index (κ1) is 34.9. The first-order chi connectivity index (χ1) is 21.1. The minimum absolute atomic E-state index is 0. The van der Waals surface area contributed by atoms with Crippen LogP contribution in [0.5, 0.6) is 0 Å². The van der Waals surface area contributed by atoms with Crippen LogP contribution < -0.4 is 5.32 Å². The quantitative estimate of drug-likeness (QED) is 0.383. The third-order valence-electron chi connectivity index (χ3n) is 9.74. The average molecular weight is 645 g/mol. The van der Waals surface area contributed by atoms with E-state index in [0.717, 1.165) is 35.4 Å². The van der Waals surface area contributed by atoms with E-state index >= 15 is 0 Å². The second kappa shape index (κ2) is 14.6. The minimum Gasteiger partial charge on any atom is -0.390 e. The molecule has 1 aromatic carbocycles. The molecule has 11 nitrogen and oxygen atoms in total. The predicted octanol–water partition coefficient (Wildman–Crippen LogP) is 2.99. The number of aliphatic hydroxyl groups is 1. The number of aryl methyl sites for hydroxylation is 2. The summed E-state index contributed by atoms with van der Waals surface area (Å²) in [7, 11) is 0. The van der Waals surface area contributed by atoms with Crippen LogP contribution in [0.2, 0.25) is 0 Å². The van der Waals surface area contributed by atoms with Gasteiger partial charge in [-0.05, 0) is 56.7 Å². The van der Waals surface area contributed by atoms with E-state index in [2.05, 4.69) is 27.3 Å². The molecule has 4 heterocycles. The van der Waals surface area contributed by atoms with E-state index in [0.29, 0.717) is 64.3 Å². The van der Waals surface area contributed by atoms with Crippen molar-refractivity contribution in [1.29, 1.82) is 0 Å². The van der Waals surface area contributed by atoms with Crippen LogP contribution in [-0.2, 0) is 14.3 Å². The molecule has 1 spiro atoms. The molecule has 0 radical (unpaired) electrons. The summed E-state index contributed by atoms with van der Waals surface area (Å²) in [6.45, 7) is 13.8. The van der Waals surface area contributed by atoms with Crippen molar-refractivity contribution in [2.24, 2.45) is 5.92 Å². The monoisotopic (exact) mass is 644 g/mol. The summed E-state index contributed by atoms with van der Waals surface area (Å²) in [5.74, 6) is -0.513. The standard InChI is InChI=1S/C33H48N6O5.ClH/c1-6-7-14-39-31(42)27(29(40)21(2)3)34-32(43)33(39)12-15-37(16-13-33)28(26-22(4)35-36-23(26)5)24-8-10-25(11-9-24)30(41)38-17-19-44-20-18-38;/h8-11,21,27-29,40H,6-7,12-20H2,1-5H3,(H,34,43)(H,35,36);1H/t27-,28?,29-;/m1./s1. The van der Waals surface area contributed by atoms with Gasteiger partial charge in [-0.1, -0.05) is 39.3 Å². The van der Waals surface area contributed by atoms with Crippen molar-refractivity contribution < 1.29 is 24.2 Å². The van der Waals surface area contributed by atoms with E-state index in [4.69, 9.17) is 4.74 Å². The number of likely N-dealkylation sites (tertiary alicyclic amines) is 1. The summed E-state index contributed by atoms with van der Waals surface area (Å²) in [5.41, 5.74) is 3.70. The van der Waals surface area contributed by atoms with Crippen molar-refractivity contribution in [2.45, 2.75) is 84.0 Å². The molecule has 3 atom stereocenters. The van der Waals surface area contributed by atoms with Gasteiger partial charge in [0.2, 0.25) is 11.8 Å². The number of hydrogen-bond donors (Lipinski definition) is 3. The number of ether oxygens (including phenoxy) is 1. The van der Waals surface area contributed by atoms with Gasteiger partial charge in [0.25, 0.3) is 5.91 Å². The predicted molar refractivity (Wildman–Crippen MR) is 173 cm³/mol. The maximum atomic E-state index is 13.8. The first-order valence-electron chi connectivity index (χ1n) is 16.1. The van der Waals surface area contributed by atoms with Crippen molar-refractivity contribution in [3.8, 4) is 0 Å². The summed E-state index contributed by atoms with van der Waals surface area (Å²) < 4.78 is 5.41. The highest BCUT2D eigenvalue weighted by Gasteiger charge is 2.55. The molecule has 248 valence electrons. The Hall–Kier alpha value is -2.99. The van der Waals surface area contributed by atoms with Crippen LogP contribution in [0.15, 0.2) is 24.3 Å². The van der Waals surface area contributed by atoms with E-state index in [-0.39, 0.29) is 42.1 Å². The number of carbonyl (C=O) groups is 3. The second-order valence-corrected chi connectivity index (χ2v) is 12.9. The second-order valence-electron chi connectivity index (χ2n) is 12.9. The number of nitrogens with one attached hydrogen (secondary N) is 2. The Morgan fingerprint density at radius 3 is 2.29 bits per heavy atom. The maximum absolute atomic E-state index is 13.8. The van der Waals surface area contributed by atoms with Gasteiger partial charge in [0.1, 0.15) is 11.6 Å². The Labute approximate surface area is 272 Å². The molecule has 0 saturated carbocycles. The number of rotatable bonds is 9. The van der Waals surface area contributed by atoms with Crippen molar-refractivity contribution in [3.05, 3.63) is 52.3 Å². The minimum atomic E-state index is -0.949. The molecule has 0 aliphatic carbocycles. The molecule has 1 unspecified atom stereocenters. The van der Waals surface area contributed by atoms with E-state index in [1.807, 2.05) is 56.9 Å². The van der Waals surface area contributed by atoms with E-state index in [1.54, 1.807) is 4.90 Å². The van der Waals surface area contributed by atoms with Gasteiger partial charge in [0, 0.05) is 49.5 Å². The topological polar surface area (TPSA) is 131 Å². The Kier molecular flexibility index (Phi) is 11.3. The van der Waals surface area contributed by atoms with Crippen molar-refractivity contribution in [2.75, 3.05) is 45.9 Å². The fraction of sp³-hybridized carbons (Fsp3) is 0.636. The van der Waals surface area contributed by atoms with Gasteiger partial charge in [0.15, 0.2) is 0 Å². The normalized spacial score (nSPS) is 21.9. The van der Waals surface area contributed by atoms with E-state index in [9.17, 15) is 19.5 Å². The molecule has 3 aliphatic heterocycles. The van der Waals surface area contributed by atoms with Crippen LogP contribution in [0, 0.1) is 19.8 Å². The lowest BCUT2D eigenvalue weighted by Gasteiger charge is -2.53. The fourth-order valence-corrected chi connectivity index (χ4v) is 7.02. The number of benzene rings is 1. The molecular weight excluding hydrogens is 596 g/mol. The van der Waals surface area contributed by atoms with E-state index in [1.165, 1.54) is 0 Å². The number of piperazine rings is 1. The number of aliphatic hydroxyl groups excluding tert-OH is 1. The largest absolute Gasteiger partial charge is 0.390 e. The zero-order valence-corrected chi connectivity index (χ0v) is 28.0. The van der Waals surface area contributed by atoms with Gasteiger partial charge >= 0.3 is 0 Å². The number of unbranched alkanes of at least 4 members (excludes halogenated alkanes) is 1. The Bertz CT molecular complexity index is 1310. The van der Waals surface area contributed by atoms with E-state index < -0.39 is 17.7 Å². The molecule has 0 bridgehead atoms. The number of aromatic nitrogens is 2. The molecule has 5 rings (SSSR count). The molecule has 3 aliphatic rings. The van der Waals surface area contributed by atoms with Crippen LogP contribution >= 0.6 is 12.4 Å². The van der Waals surface area contributed by atoms with Gasteiger partial charge in [-0.2, -0.15) is 5.10 Å². The molecule has 3 amide bonds. The SMILES string of the molecule is CCCCN1C(=O)[C@@H]([C@H](O)C(C)C)NC(=O)C12CCN(C(c1ccc(C(=O)N3CCOCC3)cc1)c1c(C)n[nH]c1C)CC2.Cl. The number of halogens is 1. The molecule has 2 aromatic rings. The zero-order valence-electron chi connectivity index (χ0n) is 27.2. The molecule has 12 heteroatoms. The molecular formula is C33H49ClN6O5. The number of aromatic amines is 1. The third kappa shape index (κ3) is 6.77. The van der Waals surface area contributed by atoms with Gasteiger partial charge in [-0.25, -0.2) is 0 Å². The van der Waals surface area contributed by atoms with Gasteiger partial charge in [-0.3, -0.25) is 24.4 Å². The Morgan fingerprint density at radius 1 is 1.09 bits per heavy atom. The van der Waals surface area contributed by atoms with Crippen molar-refractivity contribution in [1.82, 2.24) is 30.2 Å². The van der Waals surface area contributed by atoms with Crippen LogP contribution in [0.3, 0.4) is 0 Å². The zero-order chi connectivity index (χ0) is 31.6. The lowest BCUT2D eigenvalue weighted by molar-refractivity contribution is -0.165. The smallest absolute Gasteiger partial charge is 0.254 e. The number of nitrogens with zero attached hydrogens (tertiary/aromatic N) is 4. The van der Waals surface area contributed by atoms with Crippen LogP contribution in [0.25, 0.3) is 0 Å². The number of carbonyl (C=O) groups excluding carboxylic acids is 3. The summed E-state index contributed by atoms with van der Waals surface area (Å²) in [6, 6.07) is 6.78. The number of H-pyrrole nitrogens is 1. The number of amides is 3. The Morgan fingerprint density at radius 2 is 1.73 bits per heavy atom. The molecule has 3 N–H and O–H groups in total. The molecule has 3 saturated heterocycles. The fourth-order valence-electron chi connectivity index (χ4n) is 7.02. The molecule has 45 heavy (non-hydrogen) atoms. The summed E-state index contributed by atoms with van der Waals surface area (Å²) >= 11 is 0. The molecule has 3 fully saturated rings. The van der Waals surface area contributed by atoms with Gasteiger partial charge < -0.3 is 25.0 Å². The molecule has 1 aromatic heterocycles. The van der Waals surface area contributed by atoms with Crippen LogP contribution in [-0.4, -0.2) is 111 Å². The highest BCUT2D eigenvalue weighted by Crippen LogP contribution is 2.40. The average Bonchev–Trinajstić information content (AvgIpc) is 3.37. The lowest BCUT2D eigenvalue weighted by atomic mass is 9.79. The maximum Gasteiger partial charge on any atom is 0.254 e. The van der Waals surface area contributed by atoms with Crippen LogP contribution in [0.4, 0.5) is 0 Å². The number of piperidine rings is 1. The summed E-state index contributed by atoms with van der Waals surface area (Å²) in [5, 5.41) is 21.3. The van der Waals surface area contributed by atoms with Crippen molar-refractivity contribution >= 4 is 30.1 Å². The van der Waals surface area contributed by atoms with Gasteiger partial charge in [-0.15, -0.1) is 12.4 Å². The summed E-state index contributed by atoms with van der Waals surface area (Å²) in [6.07, 6.45) is 1.72. The first-order valence-corrected chi connectivity index (χ1v) is 16.1. The lowest BCUT2D eigenvalue weighted by Crippen LogP contribution is -2.75. The number of morpholine rings is 1. The Balaban J connectivity index is 0.00000461. The van der Waals surface area contributed by atoms with Crippen molar-refractivity contribution in [3.63, 3.8) is 0 Å². The van der Waals surface area contributed by atoms with Gasteiger partial charge in [0.05, 0.1) is 31.1 Å². The summed E-state index contributed by atoms with van der Waals surface area (Å²) in [4.78, 5) is 46.7.